The Morgan fingerprint density at radius 1 is 1.41 bits per heavy atom. The maximum Gasteiger partial charge on any atom is 0.174 e. The molecule has 0 aliphatic carbocycles. The number of hydrogen-bond acceptors (Lipinski definition) is 4. The lowest BCUT2D eigenvalue weighted by Gasteiger charge is -2.10. The zero-order valence-electron chi connectivity index (χ0n) is 9.44. The van der Waals surface area contributed by atoms with Crippen LogP contribution in [-0.4, -0.2) is 12.2 Å². The van der Waals surface area contributed by atoms with Crippen molar-refractivity contribution < 1.29 is 9.26 Å². The number of ether oxygens (including phenoxy) is 1. The summed E-state index contributed by atoms with van der Waals surface area (Å²) < 4.78 is 10.6. The van der Waals surface area contributed by atoms with Crippen molar-refractivity contribution in [2.45, 2.75) is 13.2 Å². The van der Waals surface area contributed by atoms with Crippen LogP contribution in [0.15, 0.2) is 35.0 Å². The molecule has 2 rings (SSSR count). The molecule has 4 nitrogen and oxygen atoms in total. The van der Waals surface area contributed by atoms with E-state index in [0.29, 0.717) is 23.9 Å². The first-order valence-corrected chi connectivity index (χ1v) is 5.63. The Morgan fingerprint density at radius 2 is 2.29 bits per heavy atom. The van der Waals surface area contributed by atoms with E-state index in [0.717, 1.165) is 11.3 Å². The molecule has 0 bridgehead atoms. The maximum atomic E-state index is 5.94. The lowest BCUT2D eigenvalue weighted by Crippen LogP contribution is -2.07. The van der Waals surface area contributed by atoms with Gasteiger partial charge in [0.1, 0.15) is 12.4 Å². The van der Waals surface area contributed by atoms with Crippen LogP contribution >= 0.6 is 11.6 Å². The van der Waals surface area contributed by atoms with Crippen LogP contribution in [0.2, 0.25) is 5.02 Å². The highest BCUT2D eigenvalue weighted by molar-refractivity contribution is 6.30. The van der Waals surface area contributed by atoms with E-state index in [9.17, 15) is 0 Å². The van der Waals surface area contributed by atoms with Gasteiger partial charge < -0.3 is 14.6 Å². The minimum Gasteiger partial charge on any atom is -0.485 e. The summed E-state index contributed by atoms with van der Waals surface area (Å²) >= 11 is 5.94. The fourth-order valence-corrected chi connectivity index (χ4v) is 1.68. The Morgan fingerprint density at radius 3 is 3.00 bits per heavy atom. The standard InChI is InChI=1S/C12H13ClN2O2/c1-14-7-9-6-10(13)2-3-12(9)16-8-11-4-5-15-17-11/h2-6,14H,7-8H2,1H3. The predicted octanol–water partition coefficient (Wildman–Crippen LogP) is 2.63. The minimum absolute atomic E-state index is 0.359. The zero-order valence-corrected chi connectivity index (χ0v) is 10.2. The van der Waals surface area contributed by atoms with Crippen molar-refractivity contribution in [3.8, 4) is 5.75 Å². The quantitative estimate of drug-likeness (QED) is 0.889. The van der Waals surface area contributed by atoms with Gasteiger partial charge in [-0.15, -0.1) is 0 Å². The van der Waals surface area contributed by atoms with E-state index in [4.69, 9.17) is 20.9 Å². The van der Waals surface area contributed by atoms with E-state index in [-0.39, 0.29) is 0 Å². The van der Waals surface area contributed by atoms with Crippen molar-refractivity contribution in [3.63, 3.8) is 0 Å². The van der Waals surface area contributed by atoms with Crippen molar-refractivity contribution in [2.24, 2.45) is 0 Å². The van der Waals surface area contributed by atoms with Crippen LogP contribution in [0.1, 0.15) is 11.3 Å². The molecule has 0 atom stereocenters. The smallest absolute Gasteiger partial charge is 0.174 e. The van der Waals surface area contributed by atoms with E-state index >= 15 is 0 Å². The molecule has 2 aromatic rings. The number of aromatic nitrogens is 1. The summed E-state index contributed by atoms with van der Waals surface area (Å²) in [5.74, 6) is 1.48. The number of hydrogen-bond donors (Lipinski definition) is 1. The number of nitrogens with one attached hydrogen (secondary N) is 1. The normalized spacial score (nSPS) is 10.5. The van der Waals surface area contributed by atoms with Crippen LogP contribution in [0.25, 0.3) is 0 Å². The van der Waals surface area contributed by atoms with Gasteiger partial charge in [-0.3, -0.25) is 0 Å². The third-order valence-corrected chi connectivity index (χ3v) is 2.49. The van der Waals surface area contributed by atoms with Gasteiger partial charge in [-0.2, -0.15) is 0 Å². The summed E-state index contributed by atoms with van der Waals surface area (Å²) in [5, 5.41) is 7.39. The van der Waals surface area contributed by atoms with Crippen molar-refractivity contribution in [2.75, 3.05) is 7.05 Å². The van der Waals surface area contributed by atoms with E-state index in [1.54, 1.807) is 18.3 Å². The number of rotatable bonds is 5. The first-order valence-electron chi connectivity index (χ1n) is 5.25. The number of benzene rings is 1. The monoisotopic (exact) mass is 252 g/mol. The maximum absolute atomic E-state index is 5.94. The van der Waals surface area contributed by atoms with Crippen molar-refractivity contribution in [1.29, 1.82) is 0 Å². The zero-order chi connectivity index (χ0) is 12.1. The Hall–Kier alpha value is -1.52. The second-order valence-electron chi connectivity index (χ2n) is 3.55. The van der Waals surface area contributed by atoms with Crippen molar-refractivity contribution in [1.82, 2.24) is 10.5 Å². The second-order valence-corrected chi connectivity index (χ2v) is 3.99. The molecule has 0 unspecified atom stereocenters. The lowest BCUT2D eigenvalue weighted by atomic mass is 10.2. The molecule has 0 aliphatic heterocycles. The van der Waals surface area contributed by atoms with Crippen LogP contribution in [0, 0.1) is 0 Å². The summed E-state index contributed by atoms with van der Waals surface area (Å²) in [7, 11) is 1.88. The van der Waals surface area contributed by atoms with Gasteiger partial charge >= 0.3 is 0 Å². The molecule has 5 heteroatoms. The largest absolute Gasteiger partial charge is 0.485 e. The topological polar surface area (TPSA) is 47.3 Å². The molecule has 1 aromatic heterocycles. The summed E-state index contributed by atoms with van der Waals surface area (Å²) in [4.78, 5) is 0. The highest BCUT2D eigenvalue weighted by atomic mass is 35.5. The Kier molecular flexibility index (Phi) is 4.01. The average Bonchev–Trinajstić information content (AvgIpc) is 2.81. The number of halogens is 1. The fourth-order valence-electron chi connectivity index (χ4n) is 1.48. The van der Waals surface area contributed by atoms with Crippen LogP contribution in [0.5, 0.6) is 5.75 Å². The van der Waals surface area contributed by atoms with Gasteiger partial charge in [-0.25, -0.2) is 0 Å². The Balaban J connectivity index is 2.08. The summed E-state index contributed by atoms with van der Waals surface area (Å²) in [6, 6.07) is 7.31. The molecule has 17 heavy (non-hydrogen) atoms. The molecule has 1 heterocycles. The minimum atomic E-state index is 0.359. The molecule has 0 radical (unpaired) electrons. The van der Waals surface area contributed by atoms with Crippen molar-refractivity contribution in [3.05, 3.63) is 46.8 Å². The molecule has 1 aromatic carbocycles. The molecule has 90 valence electrons. The average molecular weight is 253 g/mol. The third-order valence-electron chi connectivity index (χ3n) is 2.25. The summed E-state index contributed by atoms with van der Waals surface area (Å²) in [6.07, 6.45) is 1.59. The predicted molar refractivity (Wildman–Crippen MR) is 65.1 cm³/mol. The van der Waals surface area contributed by atoms with Gasteiger partial charge in [0.25, 0.3) is 0 Å². The molecule has 0 saturated carbocycles. The van der Waals surface area contributed by atoms with E-state index < -0.39 is 0 Å². The van der Waals surface area contributed by atoms with E-state index in [2.05, 4.69) is 10.5 Å². The van der Waals surface area contributed by atoms with Gasteiger partial charge in [0, 0.05) is 23.2 Å². The summed E-state index contributed by atoms with van der Waals surface area (Å²) in [5.41, 5.74) is 1.01. The van der Waals surface area contributed by atoms with Gasteiger partial charge in [-0.1, -0.05) is 16.8 Å². The molecular weight excluding hydrogens is 240 g/mol. The Labute approximate surface area is 105 Å². The van der Waals surface area contributed by atoms with Gasteiger partial charge in [-0.05, 0) is 25.2 Å². The van der Waals surface area contributed by atoms with Gasteiger partial charge in [0.05, 0.1) is 6.20 Å². The lowest BCUT2D eigenvalue weighted by molar-refractivity contribution is 0.247. The summed E-state index contributed by atoms with van der Waals surface area (Å²) in [6.45, 7) is 1.06. The van der Waals surface area contributed by atoms with Crippen LogP contribution in [0.3, 0.4) is 0 Å². The molecule has 0 amide bonds. The number of nitrogens with zero attached hydrogens (tertiary/aromatic N) is 1. The van der Waals surface area contributed by atoms with Gasteiger partial charge in [0.15, 0.2) is 5.76 Å². The molecule has 0 fully saturated rings. The second kappa shape index (κ2) is 5.70. The fraction of sp³-hybridized carbons (Fsp3) is 0.250. The molecule has 1 N–H and O–H groups in total. The first-order chi connectivity index (χ1) is 8.29. The molecule has 0 saturated heterocycles. The van der Waals surface area contributed by atoms with E-state index in [1.807, 2.05) is 19.2 Å². The van der Waals surface area contributed by atoms with E-state index in [1.165, 1.54) is 0 Å². The highest BCUT2D eigenvalue weighted by Gasteiger charge is 2.05. The van der Waals surface area contributed by atoms with Crippen LogP contribution in [-0.2, 0) is 13.2 Å². The van der Waals surface area contributed by atoms with Crippen LogP contribution in [0.4, 0.5) is 0 Å². The molecule has 0 aliphatic rings. The van der Waals surface area contributed by atoms with Crippen LogP contribution < -0.4 is 10.1 Å². The van der Waals surface area contributed by atoms with Gasteiger partial charge in [0.2, 0.25) is 0 Å². The Bertz CT molecular complexity index is 471. The SMILES string of the molecule is CNCc1cc(Cl)ccc1OCc1ccno1. The first kappa shape index (κ1) is 12.0. The third kappa shape index (κ3) is 3.22. The molecular formula is C12H13ClN2O2. The highest BCUT2D eigenvalue weighted by Crippen LogP contribution is 2.23. The molecule has 0 spiro atoms. The van der Waals surface area contributed by atoms with Crippen molar-refractivity contribution >= 4 is 11.6 Å².